The minimum atomic E-state index is 0.198. The summed E-state index contributed by atoms with van der Waals surface area (Å²) in [6, 6.07) is 11.0. The van der Waals surface area contributed by atoms with Crippen molar-refractivity contribution in [1.29, 1.82) is 0 Å². The first-order valence-electron chi connectivity index (χ1n) is 6.14. The number of nitrogens with two attached hydrogens (primary N) is 1. The van der Waals surface area contributed by atoms with Gasteiger partial charge in [0.25, 0.3) is 0 Å². The molecule has 3 aromatic rings. The van der Waals surface area contributed by atoms with Gasteiger partial charge in [0.1, 0.15) is 5.15 Å². The highest BCUT2D eigenvalue weighted by atomic mass is 35.5. The second-order valence-corrected chi connectivity index (χ2v) is 5.19. The lowest BCUT2D eigenvalue weighted by Gasteiger charge is -2.10. The summed E-state index contributed by atoms with van der Waals surface area (Å²) in [5, 5.41) is 1.03. The van der Waals surface area contributed by atoms with Crippen LogP contribution in [0.5, 0.6) is 0 Å². The van der Waals surface area contributed by atoms with Crippen molar-refractivity contribution >= 4 is 29.2 Å². The maximum absolute atomic E-state index is 6.05. The van der Waals surface area contributed by atoms with Gasteiger partial charge in [-0.1, -0.05) is 35.3 Å². The van der Waals surface area contributed by atoms with Crippen LogP contribution in [0.4, 0.5) is 5.95 Å². The standard InChI is InChI=1S/C15H10Cl2N4/c16-11-3-1-2-9(6-11)12-8-20-15(18)21-14(12)10-4-5-19-13(17)7-10/h1-8H,(H2,18,20,21). The lowest BCUT2D eigenvalue weighted by Crippen LogP contribution is -1.98. The molecule has 0 unspecified atom stereocenters. The molecule has 0 spiro atoms. The van der Waals surface area contributed by atoms with Crippen LogP contribution in [-0.4, -0.2) is 15.0 Å². The number of hydrogen-bond donors (Lipinski definition) is 1. The summed E-state index contributed by atoms with van der Waals surface area (Å²) in [6.07, 6.45) is 3.30. The average molecular weight is 317 g/mol. The Balaban J connectivity index is 2.22. The Hall–Kier alpha value is -2.17. The van der Waals surface area contributed by atoms with E-state index >= 15 is 0 Å². The molecule has 6 heteroatoms. The molecule has 0 bridgehead atoms. The van der Waals surface area contributed by atoms with Gasteiger partial charge in [-0.25, -0.2) is 15.0 Å². The monoisotopic (exact) mass is 316 g/mol. The number of hydrogen-bond acceptors (Lipinski definition) is 4. The first-order valence-corrected chi connectivity index (χ1v) is 6.89. The summed E-state index contributed by atoms with van der Waals surface area (Å²) in [5.41, 5.74) is 8.96. The van der Waals surface area contributed by atoms with Gasteiger partial charge in [0.2, 0.25) is 5.95 Å². The van der Waals surface area contributed by atoms with Crippen molar-refractivity contribution in [3.05, 3.63) is 59.0 Å². The van der Waals surface area contributed by atoms with Crippen LogP contribution in [0.15, 0.2) is 48.8 Å². The van der Waals surface area contributed by atoms with Crippen LogP contribution in [0.25, 0.3) is 22.4 Å². The van der Waals surface area contributed by atoms with Crippen molar-refractivity contribution in [3.63, 3.8) is 0 Å². The Morgan fingerprint density at radius 1 is 0.952 bits per heavy atom. The van der Waals surface area contributed by atoms with Crippen LogP contribution in [-0.2, 0) is 0 Å². The lowest BCUT2D eigenvalue weighted by atomic mass is 10.0. The molecule has 1 aromatic carbocycles. The highest BCUT2D eigenvalue weighted by Crippen LogP contribution is 2.32. The molecule has 21 heavy (non-hydrogen) atoms. The van der Waals surface area contributed by atoms with Crippen molar-refractivity contribution in [1.82, 2.24) is 15.0 Å². The van der Waals surface area contributed by atoms with Crippen molar-refractivity contribution in [2.45, 2.75) is 0 Å². The van der Waals surface area contributed by atoms with Crippen LogP contribution in [0.1, 0.15) is 0 Å². The lowest BCUT2D eigenvalue weighted by molar-refractivity contribution is 1.19. The fraction of sp³-hybridized carbons (Fsp3) is 0. The third kappa shape index (κ3) is 2.96. The number of benzene rings is 1. The molecule has 2 aromatic heterocycles. The Morgan fingerprint density at radius 3 is 2.57 bits per heavy atom. The molecule has 0 saturated carbocycles. The predicted octanol–water partition coefficient (Wildman–Crippen LogP) is 4.09. The van der Waals surface area contributed by atoms with E-state index in [1.165, 1.54) is 0 Å². The number of halogens is 2. The van der Waals surface area contributed by atoms with E-state index in [0.717, 1.165) is 16.7 Å². The van der Waals surface area contributed by atoms with Gasteiger partial charge in [-0.3, -0.25) is 0 Å². The molecule has 3 rings (SSSR count). The summed E-state index contributed by atoms with van der Waals surface area (Å²) in [6.45, 7) is 0. The zero-order valence-corrected chi connectivity index (χ0v) is 12.3. The van der Waals surface area contributed by atoms with Gasteiger partial charge in [0, 0.05) is 28.5 Å². The normalized spacial score (nSPS) is 10.6. The minimum absolute atomic E-state index is 0.198. The molecule has 0 radical (unpaired) electrons. The SMILES string of the molecule is Nc1ncc(-c2cccc(Cl)c2)c(-c2ccnc(Cl)c2)n1. The molecule has 0 fully saturated rings. The highest BCUT2D eigenvalue weighted by molar-refractivity contribution is 6.31. The number of aromatic nitrogens is 3. The summed E-state index contributed by atoms with van der Waals surface area (Å²) >= 11 is 12.0. The van der Waals surface area contributed by atoms with Crippen LogP contribution in [0, 0.1) is 0 Å². The van der Waals surface area contributed by atoms with Crippen molar-refractivity contribution in [2.75, 3.05) is 5.73 Å². The summed E-state index contributed by atoms with van der Waals surface area (Å²) in [4.78, 5) is 12.4. The Bertz CT molecular complexity index is 805. The van der Waals surface area contributed by atoms with Crippen molar-refractivity contribution in [2.24, 2.45) is 0 Å². The molecule has 0 saturated heterocycles. The van der Waals surface area contributed by atoms with Crippen LogP contribution < -0.4 is 5.73 Å². The Kier molecular flexibility index (Phi) is 3.73. The van der Waals surface area contributed by atoms with E-state index in [4.69, 9.17) is 28.9 Å². The van der Waals surface area contributed by atoms with E-state index in [2.05, 4.69) is 15.0 Å². The number of pyridine rings is 1. The fourth-order valence-corrected chi connectivity index (χ4v) is 2.40. The molecular formula is C15H10Cl2N4. The van der Waals surface area contributed by atoms with E-state index in [9.17, 15) is 0 Å². The Labute approximate surface area is 131 Å². The first kappa shape index (κ1) is 13.8. The van der Waals surface area contributed by atoms with Gasteiger partial charge < -0.3 is 5.73 Å². The largest absolute Gasteiger partial charge is 0.368 e. The van der Waals surface area contributed by atoms with Gasteiger partial charge in [-0.05, 0) is 29.8 Å². The molecule has 0 aliphatic carbocycles. The maximum atomic E-state index is 6.05. The molecule has 0 aliphatic rings. The molecule has 0 amide bonds. The van der Waals surface area contributed by atoms with E-state index < -0.39 is 0 Å². The zero-order chi connectivity index (χ0) is 14.8. The third-order valence-corrected chi connectivity index (χ3v) is 3.38. The van der Waals surface area contributed by atoms with Gasteiger partial charge in [0.15, 0.2) is 0 Å². The average Bonchev–Trinajstić information content (AvgIpc) is 2.47. The van der Waals surface area contributed by atoms with E-state index in [1.807, 2.05) is 30.3 Å². The first-order chi connectivity index (χ1) is 10.1. The summed E-state index contributed by atoms with van der Waals surface area (Å²) < 4.78 is 0. The molecule has 104 valence electrons. The maximum Gasteiger partial charge on any atom is 0.220 e. The third-order valence-electron chi connectivity index (χ3n) is 2.94. The van der Waals surface area contributed by atoms with E-state index in [0.29, 0.717) is 15.9 Å². The second-order valence-electron chi connectivity index (χ2n) is 4.37. The minimum Gasteiger partial charge on any atom is -0.368 e. The van der Waals surface area contributed by atoms with Gasteiger partial charge in [-0.15, -0.1) is 0 Å². The second kappa shape index (κ2) is 5.68. The van der Waals surface area contributed by atoms with E-state index in [-0.39, 0.29) is 5.95 Å². The van der Waals surface area contributed by atoms with E-state index in [1.54, 1.807) is 18.5 Å². The van der Waals surface area contributed by atoms with Gasteiger partial charge in [0.05, 0.1) is 5.69 Å². The number of nitrogens with zero attached hydrogens (tertiary/aromatic N) is 3. The zero-order valence-electron chi connectivity index (χ0n) is 10.8. The molecule has 2 N–H and O–H groups in total. The van der Waals surface area contributed by atoms with Gasteiger partial charge >= 0.3 is 0 Å². The predicted molar refractivity (Wildman–Crippen MR) is 85.1 cm³/mol. The molecule has 0 aliphatic heterocycles. The van der Waals surface area contributed by atoms with Crippen LogP contribution in [0.3, 0.4) is 0 Å². The van der Waals surface area contributed by atoms with Crippen LogP contribution in [0.2, 0.25) is 10.2 Å². The molecule has 4 nitrogen and oxygen atoms in total. The number of nitrogen functional groups attached to an aromatic ring is 1. The number of rotatable bonds is 2. The topological polar surface area (TPSA) is 64.7 Å². The molecule has 2 heterocycles. The Morgan fingerprint density at radius 2 is 1.81 bits per heavy atom. The fourth-order valence-electron chi connectivity index (χ4n) is 2.03. The smallest absolute Gasteiger partial charge is 0.220 e. The summed E-state index contributed by atoms with van der Waals surface area (Å²) in [7, 11) is 0. The van der Waals surface area contributed by atoms with Gasteiger partial charge in [-0.2, -0.15) is 0 Å². The highest BCUT2D eigenvalue weighted by Gasteiger charge is 2.11. The molecular weight excluding hydrogens is 307 g/mol. The quantitative estimate of drug-likeness (QED) is 0.723. The van der Waals surface area contributed by atoms with Crippen molar-refractivity contribution < 1.29 is 0 Å². The van der Waals surface area contributed by atoms with Crippen molar-refractivity contribution in [3.8, 4) is 22.4 Å². The summed E-state index contributed by atoms with van der Waals surface area (Å²) in [5.74, 6) is 0.198. The molecule has 0 atom stereocenters. The van der Waals surface area contributed by atoms with Crippen LogP contribution >= 0.6 is 23.2 Å². The number of anilines is 1.